The van der Waals surface area contributed by atoms with Crippen molar-refractivity contribution in [2.45, 2.75) is 0 Å². The molecular weight excluding hydrogens is 367 g/mol. The number of carbonyl (C=O) groups excluding carboxylic acids is 1. The number of nitrogens with zero attached hydrogens (tertiary/aromatic N) is 2. The fourth-order valence-corrected chi connectivity index (χ4v) is 2.83. The number of hydrogen-bond acceptors (Lipinski definition) is 3. The zero-order chi connectivity index (χ0) is 18.4. The SMILES string of the molecule is O=C(/C(=N\N=C/c1c(Cl)cccc1Cl)c1ccccc1)c1ccccc1. The molecule has 0 N–H and O–H groups in total. The van der Waals surface area contributed by atoms with Gasteiger partial charge < -0.3 is 0 Å². The largest absolute Gasteiger partial charge is 0.287 e. The van der Waals surface area contributed by atoms with Crippen molar-refractivity contribution in [3.05, 3.63) is 106 Å². The molecule has 0 spiro atoms. The van der Waals surface area contributed by atoms with E-state index < -0.39 is 0 Å². The molecule has 0 aliphatic rings. The molecule has 0 aliphatic carbocycles. The first-order chi connectivity index (χ1) is 12.7. The summed E-state index contributed by atoms with van der Waals surface area (Å²) in [5, 5.41) is 9.16. The maximum atomic E-state index is 12.9. The van der Waals surface area contributed by atoms with Gasteiger partial charge in [-0.3, -0.25) is 4.79 Å². The molecule has 0 fully saturated rings. The highest BCUT2D eigenvalue weighted by Crippen LogP contribution is 2.22. The van der Waals surface area contributed by atoms with Crippen molar-refractivity contribution in [2.75, 3.05) is 0 Å². The number of rotatable bonds is 5. The third-order valence-corrected chi connectivity index (χ3v) is 4.30. The predicted molar refractivity (Wildman–Crippen MR) is 108 cm³/mol. The van der Waals surface area contributed by atoms with Gasteiger partial charge in [0, 0.05) is 16.7 Å². The Hall–Kier alpha value is -2.75. The maximum absolute atomic E-state index is 12.9. The van der Waals surface area contributed by atoms with Crippen LogP contribution in [-0.2, 0) is 0 Å². The molecule has 0 unspecified atom stereocenters. The van der Waals surface area contributed by atoms with Gasteiger partial charge in [-0.05, 0) is 12.1 Å². The molecule has 0 saturated heterocycles. The number of carbonyl (C=O) groups is 1. The first-order valence-electron chi connectivity index (χ1n) is 7.87. The molecule has 3 nitrogen and oxygen atoms in total. The molecule has 128 valence electrons. The van der Waals surface area contributed by atoms with Crippen LogP contribution >= 0.6 is 23.2 Å². The molecule has 26 heavy (non-hydrogen) atoms. The summed E-state index contributed by atoms with van der Waals surface area (Å²) >= 11 is 12.3. The van der Waals surface area contributed by atoms with E-state index in [0.29, 0.717) is 26.7 Å². The maximum Gasteiger partial charge on any atom is 0.213 e. The van der Waals surface area contributed by atoms with Gasteiger partial charge in [0.25, 0.3) is 0 Å². The van der Waals surface area contributed by atoms with Crippen LogP contribution in [0.5, 0.6) is 0 Å². The van der Waals surface area contributed by atoms with Crippen LogP contribution < -0.4 is 0 Å². The van der Waals surface area contributed by atoms with E-state index in [-0.39, 0.29) is 11.5 Å². The molecule has 5 heteroatoms. The first kappa shape index (κ1) is 18.1. The number of benzene rings is 3. The third-order valence-electron chi connectivity index (χ3n) is 3.64. The quantitative estimate of drug-likeness (QED) is 0.318. The molecular formula is C21H14Cl2N2O. The van der Waals surface area contributed by atoms with Gasteiger partial charge in [-0.1, -0.05) is 89.9 Å². The van der Waals surface area contributed by atoms with E-state index in [9.17, 15) is 4.79 Å². The van der Waals surface area contributed by atoms with Crippen molar-refractivity contribution in [1.82, 2.24) is 0 Å². The fourth-order valence-electron chi connectivity index (χ4n) is 2.33. The van der Waals surface area contributed by atoms with Gasteiger partial charge in [0.1, 0.15) is 5.71 Å². The Morgan fingerprint density at radius 3 is 1.85 bits per heavy atom. The summed E-state index contributed by atoms with van der Waals surface area (Å²) < 4.78 is 0. The third kappa shape index (κ3) is 4.26. The van der Waals surface area contributed by atoms with Crippen LogP contribution in [0.15, 0.2) is 89.1 Å². The molecule has 0 saturated carbocycles. The van der Waals surface area contributed by atoms with Gasteiger partial charge in [-0.2, -0.15) is 5.10 Å². The summed E-state index contributed by atoms with van der Waals surface area (Å²) in [6.07, 6.45) is 1.45. The second kappa shape index (κ2) is 8.56. The number of ketones is 1. The Bertz CT molecular complexity index is 948. The topological polar surface area (TPSA) is 41.8 Å². The van der Waals surface area contributed by atoms with E-state index >= 15 is 0 Å². The standard InChI is InChI=1S/C21H14Cl2N2O/c22-18-12-7-13-19(23)17(18)14-24-25-20(15-8-3-1-4-9-15)21(26)16-10-5-2-6-11-16/h1-14H/b24-14-,25-20-. The fraction of sp³-hybridized carbons (Fsp3) is 0. The first-order valence-corrected chi connectivity index (χ1v) is 8.62. The van der Waals surface area contributed by atoms with Crippen LogP contribution in [0.4, 0.5) is 0 Å². The predicted octanol–water partition coefficient (Wildman–Crippen LogP) is 5.70. The Morgan fingerprint density at radius 1 is 0.731 bits per heavy atom. The average Bonchev–Trinajstić information content (AvgIpc) is 2.68. The summed E-state index contributed by atoms with van der Waals surface area (Å²) in [5.41, 5.74) is 2.03. The molecule has 0 radical (unpaired) electrons. The van der Waals surface area contributed by atoms with Crippen LogP contribution in [0, 0.1) is 0 Å². The van der Waals surface area contributed by atoms with Crippen molar-refractivity contribution in [2.24, 2.45) is 10.2 Å². The Kier molecular flexibility index (Phi) is 5.95. The Balaban J connectivity index is 2.00. The summed E-state index contributed by atoms with van der Waals surface area (Å²) in [5.74, 6) is -0.209. The van der Waals surface area contributed by atoms with E-state index in [4.69, 9.17) is 23.2 Å². The van der Waals surface area contributed by atoms with Crippen LogP contribution in [0.2, 0.25) is 10.0 Å². The second-order valence-electron chi connectivity index (χ2n) is 5.39. The van der Waals surface area contributed by atoms with Gasteiger partial charge in [-0.15, -0.1) is 5.10 Å². The van der Waals surface area contributed by atoms with Gasteiger partial charge in [-0.25, -0.2) is 0 Å². The van der Waals surface area contributed by atoms with E-state index in [1.807, 2.05) is 48.5 Å². The smallest absolute Gasteiger partial charge is 0.213 e. The molecule has 0 heterocycles. The highest BCUT2D eigenvalue weighted by Gasteiger charge is 2.16. The summed E-state index contributed by atoms with van der Waals surface area (Å²) in [4.78, 5) is 12.9. The van der Waals surface area contributed by atoms with Crippen LogP contribution in [-0.4, -0.2) is 17.7 Å². The number of hydrogen-bond donors (Lipinski definition) is 0. The Labute approximate surface area is 161 Å². The van der Waals surface area contributed by atoms with Crippen molar-refractivity contribution in [3.63, 3.8) is 0 Å². The summed E-state index contributed by atoms with van der Waals surface area (Å²) in [7, 11) is 0. The zero-order valence-electron chi connectivity index (χ0n) is 13.6. The summed E-state index contributed by atoms with van der Waals surface area (Å²) in [6.45, 7) is 0. The molecule has 0 atom stereocenters. The van der Waals surface area contributed by atoms with Crippen molar-refractivity contribution in [3.8, 4) is 0 Å². The molecule has 0 aromatic heterocycles. The molecule has 0 bridgehead atoms. The number of halogens is 2. The zero-order valence-corrected chi connectivity index (χ0v) is 15.2. The van der Waals surface area contributed by atoms with Gasteiger partial charge in [0.15, 0.2) is 0 Å². The molecule has 0 amide bonds. The van der Waals surface area contributed by atoms with E-state index in [2.05, 4.69) is 10.2 Å². The van der Waals surface area contributed by atoms with Gasteiger partial charge in [0.05, 0.1) is 16.3 Å². The molecule has 3 rings (SSSR count). The van der Waals surface area contributed by atoms with Crippen LogP contribution in [0.3, 0.4) is 0 Å². The molecule has 0 aliphatic heterocycles. The van der Waals surface area contributed by atoms with Gasteiger partial charge >= 0.3 is 0 Å². The Morgan fingerprint density at radius 2 is 1.27 bits per heavy atom. The van der Waals surface area contributed by atoms with E-state index in [1.165, 1.54) is 6.21 Å². The minimum Gasteiger partial charge on any atom is -0.287 e. The lowest BCUT2D eigenvalue weighted by molar-refractivity contribution is 0.106. The summed E-state index contributed by atoms with van der Waals surface area (Å²) in [6, 6.07) is 23.3. The minimum absolute atomic E-state index is 0.209. The van der Waals surface area contributed by atoms with Gasteiger partial charge in [0.2, 0.25) is 5.78 Å². The number of Topliss-reactive ketones (excluding diaryl/α,β-unsaturated/α-hetero) is 1. The molecule has 3 aromatic carbocycles. The normalized spacial score (nSPS) is 11.7. The second-order valence-corrected chi connectivity index (χ2v) is 6.20. The highest BCUT2D eigenvalue weighted by atomic mass is 35.5. The van der Waals surface area contributed by atoms with Crippen LogP contribution in [0.25, 0.3) is 0 Å². The lowest BCUT2D eigenvalue weighted by atomic mass is 10.0. The van der Waals surface area contributed by atoms with Crippen LogP contribution in [0.1, 0.15) is 21.5 Å². The van der Waals surface area contributed by atoms with Crippen molar-refractivity contribution in [1.29, 1.82) is 0 Å². The average molecular weight is 381 g/mol. The molecule has 3 aromatic rings. The lowest BCUT2D eigenvalue weighted by Crippen LogP contribution is -2.15. The van der Waals surface area contributed by atoms with Crippen molar-refractivity contribution >= 4 is 40.9 Å². The van der Waals surface area contributed by atoms with E-state index in [0.717, 1.165) is 0 Å². The van der Waals surface area contributed by atoms with Crippen molar-refractivity contribution < 1.29 is 4.79 Å². The lowest BCUT2D eigenvalue weighted by Gasteiger charge is -2.04. The minimum atomic E-state index is -0.209. The van der Waals surface area contributed by atoms with E-state index in [1.54, 1.807) is 30.3 Å². The monoisotopic (exact) mass is 380 g/mol. The highest BCUT2D eigenvalue weighted by molar-refractivity contribution is 6.51.